The second-order valence-corrected chi connectivity index (χ2v) is 5.28. The van der Waals surface area contributed by atoms with Crippen molar-refractivity contribution >= 4 is 0 Å². The van der Waals surface area contributed by atoms with Crippen molar-refractivity contribution in [2.45, 2.75) is 18.6 Å². The molecule has 1 aliphatic heterocycles. The van der Waals surface area contributed by atoms with Crippen molar-refractivity contribution in [3.63, 3.8) is 0 Å². The Hall–Kier alpha value is -1.67. The van der Waals surface area contributed by atoms with Gasteiger partial charge in [0.15, 0.2) is 0 Å². The van der Waals surface area contributed by atoms with Gasteiger partial charge in [-0.3, -0.25) is 4.90 Å². The number of halogens is 1. The molecule has 0 saturated carbocycles. The molecule has 19 heavy (non-hydrogen) atoms. The Balaban J connectivity index is 1.70. The van der Waals surface area contributed by atoms with Crippen LogP contribution in [0.2, 0.25) is 0 Å². The van der Waals surface area contributed by atoms with Crippen LogP contribution in [0.15, 0.2) is 60.7 Å². The third-order valence-corrected chi connectivity index (χ3v) is 3.84. The van der Waals surface area contributed by atoms with Crippen molar-refractivity contribution < 1.29 is 4.39 Å². The van der Waals surface area contributed by atoms with Gasteiger partial charge in [0.2, 0.25) is 0 Å². The van der Waals surface area contributed by atoms with Gasteiger partial charge in [0.05, 0.1) is 0 Å². The van der Waals surface area contributed by atoms with Crippen molar-refractivity contribution in [1.29, 1.82) is 0 Å². The third-order valence-electron chi connectivity index (χ3n) is 3.84. The zero-order chi connectivity index (χ0) is 13.1. The fourth-order valence-corrected chi connectivity index (χ4v) is 2.80. The van der Waals surface area contributed by atoms with Gasteiger partial charge in [-0.25, -0.2) is 4.39 Å². The van der Waals surface area contributed by atoms with Crippen LogP contribution < -0.4 is 0 Å². The molecular formula is C17H18FN. The first-order chi connectivity index (χ1) is 9.26. The number of hydrogen-bond donors (Lipinski definition) is 0. The van der Waals surface area contributed by atoms with Crippen molar-refractivity contribution in [1.82, 2.24) is 4.90 Å². The Bertz CT molecular complexity index is 525. The van der Waals surface area contributed by atoms with Crippen LogP contribution in [0.4, 0.5) is 4.39 Å². The molecule has 2 heteroatoms. The lowest BCUT2D eigenvalue weighted by molar-refractivity contribution is 0.165. The summed E-state index contributed by atoms with van der Waals surface area (Å²) in [6, 6.07) is 19.8. The monoisotopic (exact) mass is 255 g/mol. The van der Waals surface area contributed by atoms with E-state index >= 15 is 0 Å². The summed E-state index contributed by atoms with van der Waals surface area (Å²) in [4.78, 5) is 2.20. The summed E-state index contributed by atoms with van der Waals surface area (Å²) in [5, 5.41) is 0. The van der Waals surface area contributed by atoms with Gasteiger partial charge < -0.3 is 0 Å². The Morgan fingerprint density at radius 1 is 0.947 bits per heavy atom. The summed E-state index contributed by atoms with van der Waals surface area (Å²) in [5.41, 5.74) is 0.876. The molecule has 0 aromatic heterocycles. The number of rotatable bonds is 3. The molecule has 0 N–H and O–H groups in total. The summed E-state index contributed by atoms with van der Waals surface area (Å²) < 4.78 is 15.0. The van der Waals surface area contributed by atoms with Crippen LogP contribution >= 0.6 is 0 Å². The maximum absolute atomic E-state index is 15.0. The minimum atomic E-state index is -1.18. The van der Waals surface area contributed by atoms with Crippen molar-refractivity contribution in [2.24, 2.45) is 0 Å². The van der Waals surface area contributed by atoms with Crippen LogP contribution in [-0.2, 0) is 12.2 Å². The first kappa shape index (κ1) is 12.4. The fraction of sp³-hybridized carbons (Fsp3) is 0.294. The van der Waals surface area contributed by atoms with Crippen LogP contribution in [-0.4, -0.2) is 18.0 Å². The number of likely N-dealkylation sites (tertiary alicyclic amines) is 1. The standard InChI is InChI=1S/C17H18FN/c18-17(16-9-5-2-6-10-16)11-12-19(14-17)13-15-7-3-1-4-8-15/h1-10H,11-14H2. The van der Waals surface area contributed by atoms with Gasteiger partial charge in [-0.05, 0) is 17.5 Å². The molecule has 1 atom stereocenters. The van der Waals surface area contributed by atoms with Crippen LogP contribution in [0, 0.1) is 0 Å². The Labute approximate surface area is 113 Å². The molecule has 1 fully saturated rings. The maximum atomic E-state index is 15.0. The van der Waals surface area contributed by atoms with Crippen molar-refractivity contribution in [2.75, 3.05) is 13.1 Å². The highest BCUT2D eigenvalue weighted by Gasteiger charge is 2.39. The van der Waals surface area contributed by atoms with Gasteiger partial charge in [-0.2, -0.15) is 0 Å². The molecule has 2 aromatic carbocycles. The SMILES string of the molecule is FC1(c2ccccc2)CCN(Cc2ccccc2)C1. The molecule has 0 spiro atoms. The van der Waals surface area contributed by atoms with E-state index in [0.717, 1.165) is 18.7 Å². The van der Waals surface area contributed by atoms with Gasteiger partial charge in [0, 0.05) is 19.6 Å². The Kier molecular flexibility index (Phi) is 3.34. The quantitative estimate of drug-likeness (QED) is 0.807. The normalized spacial score (nSPS) is 23.6. The summed E-state index contributed by atoms with van der Waals surface area (Å²) in [6.45, 7) is 2.14. The van der Waals surface area contributed by atoms with E-state index in [9.17, 15) is 4.39 Å². The predicted molar refractivity (Wildman–Crippen MR) is 75.6 cm³/mol. The van der Waals surface area contributed by atoms with Gasteiger partial charge >= 0.3 is 0 Å². The second kappa shape index (κ2) is 5.14. The molecule has 0 aliphatic carbocycles. The zero-order valence-corrected chi connectivity index (χ0v) is 10.9. The van der Waals surface area contributed by atoms with Gasteiger partial charge in [-0.1, -0.05) is 60.7 Å². The lowest BCUT2D eigenvalue weighted by Crippen LogP contribution is -2.26. The van der Waals surface area contributed by atoms with E-state index in [1.165, 1.54) is 5.56 Å². The molecule has 3 rings (SSSR count). The number of alkyl halides is 1. The minimum absolute atomic E-state index is 0.492. The highest BCUT2D eigenvalue weighted by molar-refractivity contribution is 5.25. The largest absolute Gasteiger partial charge is 0.295 e. The smallest absolute Gasteiger partial charge is 0.149 e. The number of nitrogens with zero attached hydrogens (tertiary/aromatic N) is 1. The predicted octanol–water partition coefficient (Wildman–Crippen LogP) is 3.76. The molecule has 1 saturated heterocycles. The molecule has 98 valence electrons. The Morgan fingerprint density at radius 2 is 1.58 bits per heavy atom. The first-order valence-electron chi connectivity index (χ1n) is 6.77. The molecule has 0 radical (unpaired) electrons. The highest BCUT2D eigenvalue weighted by Crippen LogP contribution is 2.36. The van der Waals surface area contributed by atoms with E-state index in [1.807, 2.05) is 48.5 Å². The highest BCUT2D eigenvalue weighted by atomic mass is 19.1. The third kappa shape index (κ3) is 2.69. The maximum Gasteiger partial charge on any atom is 0.149 e. The van der Waals surface area contributed by atoms with Crippen LogP contribution in [0.25, 0.3) is 0 Å². The summed E-state index contributed by atoms with van der Waals surface area (Å²) in [6.07, 6.45) is 0.587. The molecule has 0 bridgehead atoms. The van der Waals surface area contributed by atoms with E-state index in [4.69, 9.17) is 0 Å². The van der Waals surface area contributed by atoms with Crippen LogP contribution in [0.5, 0.6) is 0 Å². The van der Waals surface area contributed by atoms with E-state index in [1.54, 1.807) is 0 Å². The van der Waals surface area contributed by atoms with E-state index < -0.39 is 5.67 Å². The average Bonchev–Trinajstić information content (AvgIpc) is 2.84. The zero-order valence-electron chi connectivity index (χ0n) is 10.9. The summed E-state index contributed by atoms with van der Waals surface area (Å²) in [7, 11) is 0. The lowest BCUT2D eigenvalue weighted by atomic mass is 9.95. The first-order valence-corrected chi connectivity index (χ1v) is 6.77. The summed E-state index contributed by atoms with van der Waals surface area (Å²) in [5.74, 6) is 0. The molecule has 1 aliphatic rings. The van der Waals surface area contributed by atoms with E-state index in [2.05, 4.69) is 17.0 Å². The molecular weight excluding hydrogens is 237 g/mol. The fourth-order valence-electron chi connectivity index (χ4n) is 2.80. The van der Waals surface area contributed by atoms with Gasteiger partial charge in [-0.15, -0.1) is 0 Å². The molecule has 0 amide bonds. The molecule has 2 aromatic rings. The van der Waals surface area contributed by atoms with Gasteiger partial charge in [0.25, 0.3) is 0 Å². The second-order valence-electron chi connectivity index (χ2n) is 5.28. The average molecular weight is 255 g/mol. The van der Waals surface area contributed by atoms with E-state index in [-0.39, 0.29) is 0 Å². The van der Waals surface area contributed by atoms with Crippen molar-refractivity contribution in [3.8, 4) is 0 Å². The number of hydrogen-bond acceptors (Lipinski definition) is 1. The van der Waals surface area contributed by atoms with Crippen molar-refractivity contribution in [3.05, 3.63) is 71.8 Å². The van der Waals surface area contributed by atoms with E-state index in [0.29, 0.717) is 13.0 Å². The molecule has 1 unspecified atom stereocenters. The van der Waals surface area contributed by atoms with Gasteiger partial charge in [0.1, 0.15) is 5.67 Å². The van der Waals surface area contributed by atoms with Crippen LogP contribution in [0.1, 0.15) is 17.5 Å². The topological polar surface area (TPSA) is 3.24 Å². The lowest BCUT2D eigenvalue weighted by Gasteiger charge is -2.21. The molecule has 1 heterocycles. The minimum Gasteiger partial charge on any atom is -0.295 e. The van der Waals surface area contributed by atoms with Crippen LogP contribution in [0.3, 0.4) is 0 Å². The summed E-state index contributed by atoms with van der Waals surface area (Å²) >= 11 is 0. The Morgan fingerprint density at radius 3 is 2.26 bits per heavy atom. The molecule has 1 nitrogen and oxygen atoms in total. The number of benzene rings is 2.